The van der Waals surface area contributed by atoms with Gasteiger partial charge in [-0.1, -0.05) is 30.3 Å². The lowest BCUT2D eigenvalue weighted by atomic mass is 9.94. The zero-order valence-electron chi connectivity index (χ0n) is 13.6. The van der Waals surface area contributed by atoms with Crippen molar-refractivity contribution in [3.8, 4) is 11.3 Å². The van der Waals surface area contributed by atoms with Gasteiger partial charge in [0.2, 0.25) is 0 Å². The van der Waals surface area contributed by atoms with Gasteiger partial charge in [-0.25, -0.2) is 9.97 Å². The minimum atomic E-state index is 0. The van der Waals surface area contributed by atoms with Crippen LogP contribution in [0.1, 0.15) is 30.3 Å². The molecule has 6 heteroatoms. The number of rotatable bonds is 2. The number of hydrogen-bond donors (Lipinski definition) is 1. The number of aromatic nitrogens is 2. The summed E-state index contributed by atoms with van der Waals surface area (Å²) in [6.07, 6.45) is 2.21. The van der Waals surface area contributed by atoms with E-state index in [1.807, 2.05) is 31.2 Å². The van der Waals surface area contributed by atoms with Gasteiger partial charge in [-0.15, -0.1) is 12.4 Å². The van der Waals surface area contributed by atoms with Crippen LogP contribution in [0.4, 0.5) is 0 Å². The van der Waals surface area contributed by atoms with E-state index in [-0.39, 0.29) is 17.9 Å². The second-order valence-corrected chi connectivity index (χ2v) is 5.87. The molecule has 24 heavy (non-hydrogen) atoms. The van der Waals surface area contributed by atoms with E-state index in [4.69, 9.17) is 9.40 Å². The van der Waals surface area contributed by atoms with E-state index in [0.717, 1.165) is 59.9 Å². The monoisotopic (exact) mass is 347 g/mol. The van der Waals surface area contributed by atoms with Crippen LogP contribution >= 0.6 is 12.4 Å². The van der Waals surface area contributed by atoms with E-state index in [1.54, 1.807) is 0 Å². The lowest BCUT2D eigenvalue weighted by Gasteiger charge is -2.22. The molecule has 1 saturated heterocycles. The second-order valence-electron chi connectivity index (χ2n) is 5.87. The maximum Gasteiger partial charge on any atom is 0.175 e. The number of aryl methyl sites for hydroxylation is 1. The van der Waals surface area contributed by atoms with Gasteiger partial charge in [0, 0.05) is 17.5 Å². The Kier molecular flexibility index (Phi) is 5.94. The molecule has 0 aliphatic carbocycles. The van der Waals surface area contributed by atoms with Crippen LogP contribution in [-0.4, -0.2) is 28.5 Å². The molecule has 1 fully saturated rings. The Balaban J connectivity index is 0.00000104. The fraction of sp³-hybridized carbons (Fsp3) is 0.333. The number of nitrogens with one attached hydrogen (secondary N) is 1. The van der Waals surface area contributed by atoms with E-state index < -0.39 is 0 Å². The summed E-state index contributed by atoms with van der Waals surface area (Å²) in [7, 11) is 0. The van der Waals surface area contributed by atoms with Crippen molar-refractivity contribution < 1.29 is 9.89 Å². The highest BCUT2D eigenvalue weighted by Gasteiger charge is 2.22. The molecular weight excluding hydrogens is 326 g/mol. The quantitative estimate of drug-likeness (QED) is 0.771. The Bertz CT molecular complexity index is 799. The molecular formula is C18H22ClN3O2. The Morgan fingerprint density at radius 3 is 2.50 bits per heavy atom. The lowest BCUT2D eigenvalue weighted by molar-refractivity contribution is 0.449. The van der Waals surface area contributed by atoms with Crippen LogP contribution < -0.4 is 5.32 Å². The van der Waals surface area contributed by atoms with E-state index in [2.05, 4.69) is 22.4 Å². The summed E-state index contributed by atoms with van der Waals surface area (Å²) in [5, 5.41) is 3.40. The van der Waals surface area contributed by atoms with Gasteiger partial charge in [-0.2, -0.15) is 0 Å². The van der Waals surface area contributed by atoms with Crippen molar-refractivity contribution in [3.05, 3.63) is 47.9 Å². The zero-order valence-corrected chi connectivity index (χ0v) is 14.4. The average molecular weight is 348 g/mol. The highest BCUT2D eigenvalue weighted by Crippen LogP contribution is 2.34. The molecule has 0 unspecified atom stereocenters. The van der Waals surface area contributed by atoms with E-state index >= 15 is 0 Å². The largest absolute Gasteiger partial charge is 0.452 e. The van der Waals surface area contributed by atoms with Gasteiger partial charge in [0.05, 0.1) is 5.69 Å². The molecule has 0 radical (unpaired) electrons. The molecule has 4 rings (SSSR count). The zero-order chi connectivity index (χ0) is 14.9. The van der Waals surface area contributed by atoms with Gasteiger partial charge < -0.3 is 15.2 Å². The van der Waals surface area contributed by atoms with Gasteiger partial charge in [0.15, 0.2) is 5.58 Å². The number of benzene rings is 1. The van der Waals surface area contributed by atoms with E-state index in [9.17, 15) is 0 Å². The average Bonchev–Trinajstić information content (AvgIpc) is 2.99. The highest BCUT2D eigenvalue weighted by molar-refractivity contribution is 5.85. The predicted molar refractivity (Wildman–Crippen MR) is 97.7 cm³/mol. The van der Waals surface area contributed by atoms with Crippen LogP contribution in [0.15, 0.2) is 40.8 Å². The molecule has 0 spiro atoms. The van der Waals surface area contributed by atoms with Crippen LogP contribution in [0.2, 0.25) is 0 Å². The standard InChI is InChI=1S/C18H19N3O.ClH.H2O/c1-12-20-15-11-16(13-5-3-2-4-6-13)22-18(15)17(21-12)14-7-9-19-10-8-14;;/h2-6,11,14,19H,7-10H2,1H3;1H;1H2. The third-order valence-corrected chi connectivity index (χ3v) is 4.29. The van der Waals surface area contributed by atoms with Gasteiger partial charge in [0.1, 0.15) is 17.1 Å². The molecule has 1 aliphatic rings. The Morgan fingerprint density at radius 1 is 1.08 bits per heavy atom. The van der Waals surface area contributed by atoms with Crippen molar-refractivity contribution >= 4 is 23.5 Å². The van der Waals surface area contributed by atoms with E-state index in [0.29, 0.717) is 5.92 Å². The van der Waals surface area contributed by atoms with Gasteiger partial charge >= 0.3 is 0 Å². The number of hydrogen-bond acceptors (Lipinski definition) is 4. The maximum absolute atomic E-state index is 6.15. The minimum absolute atomic E-state index is 0. The Hall–Kier alpha value is -1.95. The van der Waals surface area contributed by atoms with Crippen molar-refractivity contribution in [2.24, 2.45) is 0 Å². The molecule has 1 aliphatic heterocycles. The molecule has 0 atom stereocenters. The molecule has 128 valence electrons. The van der Waals surface area contributed by atoms with Crippen LogP contribution in [-0.2, 0) is 0 Å². The maximum atomic E-state index is 6.15. The summed E-state index contributed by atoms with van der Waals surface area (Å²) in [6.45, 7) is 4.04. The normalized spacial score (nSPS) is 14.9. The van der Waals surface area contributed by atoms with Gasteiger partial charge in [-0.05, 0) is 32.9 Å². The number of nitrogens with zero attached hydrogens (tertiary/aromatic N) is 2. The van der Waals surface area contributed by atoms with Crippen molar-refractivity contribution in [1.29, 1.82) is 0 Å². The molecule has 3 N–H and O–H groups in total. The first-order valence-corrected chi connectivity index (χ1v) is 7.85. The molecule has 0 amide bonds. The molecule has 3 aromatic rings. The van der Waals surface area contributed by atoms with Crippen LogP contribution in [0.3, 0.4) is 0 Å². The molecule has 3 heterocycles. The summed E-state index contributed by atoms with van der Waals surface area (Å²) in [5.41, 5.74) is 3.93. The number of piperidine rings is 1. The number of furan rings is 1. The lowest BCUT2D eigenvalue weighted by Crippen LogP contribution is -2.27. The van der Waals surface area contributed by atoms with Gasteiger partial charge in [-0.3, -0.25) is 0 Å². The summed E-state index contributed by atoms with van der Waals surface area (Å²) >= 11 is 0. The third-order valence-electron chi connectivity index (χ3n) is 4.29. The Morgan fingerprint density at radius 2 is 1.79 bits per heavy atom. The summed E-state index contributed by atoms with van der Waals surface area (Å²) in [5.74, 6) is 2.15. The fourth-order valence-electron chi connectivity index (χ4n) is 3.19. The summed E-state index contributed by atoms with van der Waals surface area (Å²) in [4.78, 5) is 9.26. The van der Waals surface area contributed by atoms with E-state index in [1.165, 1.54) is 0 Å². The van der Waals surface area contributed by atoms with Crippen LogP contribution in [0.5, 0.6) is 0 Å². The summed E-state index contributed by atoms with van der Waals surface area (Å²) in [6, 6.07) is 12.2. The predicted octanol–water partition coefficient (Wildman–Crippen LogP) is 3.26. The minimum Gasteiger partial charge on any atom is -0.452 e. The van der Waals surface area contributed by atoms with Gasteiger partial charge in [0.25, 0.3) is 0 Å². The SMILES string of the molecule is Cc1nc(C2CCNCC2)c2oc(-c3ccccc3)cc2n1.Cl.O. The molecule has 2 aromatic heterocycles. The highest BCUT2D eigenvalue weighted by atomic mass is 35.5. The smallest absolute Gasteiger partial charge is 0.175 e. The first-order chi connectivity index (χ1) is 10.8. The first-order valence-electron chi connectivity index (χ1n) is 7.85. The topological polar surface area (TPSA) is 82.5 Å². The van der Waals surface area contributed by atoms with Crippen LogP contribution in [0.25, 0.3) is 22.4 Å². The Labute approximate surface area is 147 Å². The fourth-order valence-corrected chi connectivity index (χ4v) is 3.19. The van der Waals surface area contributed by atoms with Crippen molar-refractivity contribution in [2.75, 3.05) is 13.1 Å². The summed E-state index contributed by atoms with van der Waals surface area (Å²) < 4.78 is 6.15. The molecule has 5 nitrogen and oxygen atoms in total. The molecule has 1 aromatic carbocycles. The van der Waals surface area contributed by atoms with Crippen molar-refractivity contribution in [3.63, 3.8) is 0 Å². The van der Waals surface area contributed by atoms with Crippen molar-refractivity contribution in [2.45, 2.75) is 25.7 Å². The number of fused-ring (bicyclic) bond motifs is 1. The van der Waals surface area contributed by atoms with Crippen LogP contribution in [0, 0.1) is 6.92 Å². The molecule has 0 bridgehead atoms. The van der Waals surface area contributed by atoms with Crippen molar-refractivity contribution in [1.82, 2.24) is 15.3 Å². The second kappa shape index (κ2) is 7.75. The first kappa shape index (κ1) is 18.4. The third kappa shape index (κ3) is 3.43. The number of halogens is 1. The molecule has 0 saturated carbocycles.